The molecule has 1 atom stereocenters. The van der Waals surface area contributed by atoms with E-state index in [-0.39, 0.29) is 17.4 Å². The summed E-state index contributed by atoms with van der Waals surface area (Å²) in [7, 11) is 0. The first-order chi connectivity index (χ1) is 17.1. The quantitative estimate of drug-likeness (QED) is 0.529. The van der Waals surface area contributed by atoms with E-state index in [4.69, 9.17) is 21.1 Å². The van der Waals surface area contributed by atoms with Crippen molar-refractivity contribution in [3.8, 4) is 0 Å². The zero-order valence-electron chi connectivity index (χ0n) is 20.5. The summed E-state index contributed by atoms with van der Waals surface area (Å²) in [6.07, 6.45) is 6.48. The number of hydrogen-bond acceptors (Lipinski definition) is 4. The number of rotatable bonds is 6. The van der Waals surface area contributed by atoms with Crippen molar-refractivity contribution in [1.29, 1.82) is 0 Å². The van der Waals surface area contributed by atoms with Gasteiger partial charge in [-0.2, -0.15) is 0 Å². The van der Waals surface area contributed by atoms with Gasteiger partial charge in [0.1, 0.15) is 0 Å². The molecule has 2 heterocycles. The highest BCUT2D eigenvalue weighted by atomic mass is 35.5. The zero-order valence-corrected chi connectivity index (χ0v) is 21.3. The molecule has 2 fully saturated rings. The number of fused-ring (bicyclic) bond motifs is 2. The Morgan fingerprint density at radius 3 is 2.66 bits per heavy atom. The van der Waals surface area contributed by atoms with Crippen molar-refractivity contribution in [3.63, 3.8) is 0 Å². The second kappa shape index (κ2) is 10.8. The molecular formula is C29H35ClN2O3. The van der Waals surface area contributed by atoms with Gasteiger partial charge in [0.05, 0.1) is 25.9 Å². The molecule has 0 N–H and O–H groups in total. The van der Waals surface area contributed by atoms with Crippen LogP contribution in [0, 0.1) is 6.92 Å². The van der Waals surface area contributed by atoms with Gasteiger partial charge >= 0.3 is 0 Å². The summed E-state index contributed by atoms with van der Waals surface area (Å²) in [5.41, 5.74) is 4.72. The number of likely N-dealkylation sites (tertiary alicyclic amines) is 1. The third-order valence-electron chi connectivity index (χ3n) is 7.96. The lowest BCUT2D eigenvalue weighted by molar-refractivity contribution is -0.127. The van der Waals surface area contributed by atoms with Crippen LogP contribution in [0.15, 0.2) is 48.5 Å². The predicted molar refractivity (Wildman–Crippen MR) is 140 cm³/mol. The Morgan fingerprint density at radius 2 is 1.89 bits per heavy atom. The van der Waals surface area contributed by atoms with Crippen molar-refractivity contribution in [2.75, 3.05) is 52.5 Å². The highest BCUT2D eigenvalue weighted by Gasteiger charge is 2.47. The predicted octanol–water partition coefficient (Wildman–Crippen LogP) is 5.02. The number of carbonyl (C=O) groups excluding carboxylic acids is 1. The summed E-state index contributed by atoms with van der Waals surface area (Å²) in [5.74, 6) is 0.0822. The van der Waals surface area contributed by atoms with Crippen LogP contribution < -0.4 is 0 Å². The van der Waals surface area contributed by atoms with Crippen LogP contribution in [0.3, 0.4) is 0 Å². The molecule has 2 aromatic carbocycles. The fraction of sp³-hybridized carbons (Fsp3) is 0.483. The van der Waals surface area contributed by atoms with Crippen LogP contribution in [-0.2, 0) is 19.7 Å². The van der Waals surface area contributed by atoms with Gasteiger partial charge in [0, 0.05) is 49.2 Å². The molecule has 0 saturated carbocycles. The van der Waals surface area contributed by atoms with Crippen LogP contribution >= 0.6 is 11.6 Å². The maximum atomic E-state index is 12.9. The van der Waals surface area contributed by atoms with E-state index in [9.17, 15) is 4.79 Å². The van der Waals surface area contributed by atoms with Crippen LogP contribution in [0.2, 0.25) is 5.02 Å². The van der Waals surface area contributed by atoms with Gasteiger partial charge < -0.3 is 14.4 Å². The summed E-state index contributed by atoms with van der Waals surface area (Å²) in [5, 5.41) is 0.834. The number of nitrogens with zero attached hydrogens (tertiary/aromatic N) is 2. The van der Waals surface area contributed by atoms with Crippen molar-refractivity contribution in [2.45, 2.75) is 37.7 Å². The number of halogens is 1. The standard InChI is InChI=1S/C29H35ClN2O3/c1-22-5-2-3-6-23(22)9-10-27(33)32-13-11-29(12-14-32)21-26(24-7-4-8-25(30)28(24)29)35-20-17-31-15-18-34-19-16-31/h2-10,26H,11-21H2,1H3/b10-9+. The lowest BCUT2D eigenvalue weighted by atomic mass is 9.73. The Labute approximate surface area is 213 Å². The minimum Gasteiger partial charge on any atom is -0.379 e. The molecule has 5 rings (SSSR count). The van der Waals surface area contributed by atoms with Crippen LogP contribution in [0.4, 0.5) is 0 Å². The summed E-state index contributed by atoms with van der Waals surface area (Å²) in [6, 6.07) is 14.3. The molecule has 2 aliphatic heterocycles. The van der Waals surface area contributed by atoms with Crippen molar-refractivity contribution < 1.29 is 14.3 Å². The van der Waals surface area contributed by atoms with E-state index >= 15 is 0 Å². The molecule has 0 bridgehead atoms. The molecule has 5 nitrogen and oxygen atoms in total. The second-order valence-corrected chi connectivity index (χ2v) is 10.4. The summed E-state index contributed by atoms with van der Waals surface area (Å²) >= 11 is 6.78. The fourth-order valence-corrected chi connectivity index (χ4v) is 6.26. The molecule has 0 aromatic heterocycles. The molecule has 1 aliphatic carbocycles. The largest absolute Gasteiger partial charge is 0.379 e. The van der Waals surface area contributed by atoms with Crippen LogP contribution in [0.25, 0.3) is 6.08 Å². The topological polar surface area (TPSA) is 42.0 Å². The van der Waals surface area contributed by atoms with Gasteiger partial charge in [0.25, 0.3) is 0 Å². The molecule has 1 unspecified atom stereocenters. The van der Waals surface area contributed by atoms with Gasteiger partial charge in [-0.25, -0.2) is 0 Å². The maximum absolute atomic E-state index is 12.9. The van der Waals surface area contributed by atoms with E-state index in [1.807, 2.05) is 41.3 Å². The highest BCUT2D eigenvalue weighted by Crippen LogP contribution is 2.54. The highest BCUT2D eigenvalue weighted by molar-refractivity contribution is 6.31. The number of benzene rings is 2. The van der Waals surface area contributed by atoms with E-state index in [1.54, 1.807) is 6.08 Å². The Bertz CT molecular complexity index is 1070. The van der Waals surface area contributed by atoms with Crippen LogP contribution in [0.1, 0.15) is 47.6 Å². The smallest absolute Gasteiger partial charge is 0.246 e. The first-order valence-electron chi connectivity index (χ1n) is 12.8. The molecule has 2 saturated heterocycles. The normalized spacial score (nSPS) is 22.1. The Balaban J connectivity index is 1.23. The zero-order chi connectivity index (χ0) is 24.3. The van der Waals surface area contributed by atoms with Gasteiger partial charge in [-0.15, -0.1) is 0 Å². The average molecular weight is 495 g/mol. The molecule has 1 spiro atoms. The molecule has 0 radical (unpaired) electrons. The van der Waals surface area contributed by atoms with Gasteiger partial charge in [0.2, 0.25) is 5.91 Å². The lowest BCUT2D eigenvalue weighted by Gasteiger charge is -2.40. The van der Waals surface area contributed by atoms with Gasteiger partial charge in [0.15, 0.2) is 0 Å². The van der Waals surface area contributed by atoms with E-state index in [0.29, 0.717) is 6.61 Å². The number of piperidine rings is 1. The van der Waals surface area contributed by atoms with E-state index in [1.165, 1.54) is 16.7 Å². The summed E-state index contributed by atoms with van der Waals surface area (Å²) < 4.78 is 11.9. The second-order valence-electron chi connectivity index (χ2n) is 10.0. The van der Waals surface area contributed by atoms with Crippen molar-refractivity contribution in [2.24, 2.45) is 0 Å². The number of amides is 1. The fourth-order valence-electron chi connectivity index (χ4n) is 5.88. The third kappa shape index (κ3) is 5.34. The average Bonchev–Trinajstić information content (AvgIpc) is 3.18. The monoisotopic (exact) mass is 494 g/mol. The number of hydrogen-bond donors (Lipinski definition) is 0. The van der Waals surface area contributed by atoms with E-state index < -0.39 is 0 Å². The number of ether oxygens (including phenoxy) is 2. The van der Waals surface area contributed by atoms with Gasteiger partial charge in [-0.3, -0.25) is 9.69 Å². The summed E-state index contributed by atoms with van der Waals surface area (Å²) in [6.45, 7) is 8.74. The van der Waals surface area contributed by atoms with Crippen LogP contribution in [-0.4, -0.2) is 68.3 Å². The molecule has 35 heavy (non-hydrogen) atoms. The molecule has 186 valence electrons. The summed E-state index contributed by atoms with van der Waals surface area (Å²) in [4.78, 5) is 17.3. The van der Waals surface area contributed by atoms with Gasteiger partial charge in [-0.05, 0) is 60.6 Å². The van der Waals surface area contributed by atoms with Crippen molar-refractivity contribution in [3.05, 3.63) is 75.8 Å². The molecule has 1 amide bonds. The number of aryl methyl sites for hydroxylation is 1. The molecule has 2 aromatic rings. The molecule has 6 heteroatoms. The number of morpholine rings is 1. The Kier molecular flexibility index (Phi) is 7.59. The lowest BCUT2D eigenvalue weighted by Crippen LogP contribution is -2.44. The Hall–Kier alpha value is -2.18. The number of carbonyl (C=O) groups is 1. The Morgan fingerprint density at radius 1 is 1.11 bits per heavy atom. The first-order valence-corrected chi connectivity index (χ1v) is 13.2. The first kappa shape index (κ1) is 24.5. The minimum atomic E-state index is -0.0200. The molecule has 3 aliphatic rings. The van der Waals surface area contributed by atoms with E-state index in [2.05, 4.69) is 24.0 Å². The van der Waals surface area contributed by atoms with Gasteiger partial charge in [-0.1, -0.05) is 48.0 Å². The maximum Gasteiger partial charge on any atom is 0.246 e. The minimum absolute atomic E-state index is 0.0200. The SMILES string of the molecule is Cc1ccccc1/C=C/C(=O)N1CCC2(CC1)CC(OCCN1CCOCC1)c1cccc(Cl)c12. The van der Waals surface area contributed by atoms with Crippen molar-refractivity contribution >= 4 is 23.6 Å². The van der Waals surface area contributed by atoms with E-state index in [0.717, 1.165) is 75.8 Å². The van der Waals surface area contributed by atoms with Crippen LogP contribution in [0.5, 0.6) is 0 Å². The molecular weight excluding hydrogens is 460 g/mol. The third-order valence-corrected chi connectivity index (χ3v) is 8.27. The van der Waals surface area contributed by atoms with Crippen molar-refractivity contribution in [1.82, 2.24) is 9.80 Å².